The largest absolute Gasteiger partial charge is 0.392 e. The van der Waals surface area contributed by atoms with Crippen LogP contribution in [0.4, 0.5) is 5.69 Å². The summed E-state index contributed by atoms with van der Waals surface area (Å²) in [6, 6.07) is 13.6. The maximum atomic E-state index is 10.9. The number of para-hydroxylation sites is 1. The second kappa shape index (κ2) is 4.76. The van der Waals surface area contributed by atoms with Crippen LogP contribution in [-0.4, -0.2) is 10.0 Å². The molecule has 2 aromatic carbocycles. The van der Waals surface area contributed by atoms with Crippen molar-refractivity contribution in [1.82, 2.24) is 0 Å². The lowest BCUT2D eigenvalue weighted by Crippen LogP contribution is -1.94. The first kappa shape index (κ1) is 11.3. The van der Waals surface area contributed by atoms with Crippen molar-refractivity contribution in [3.05, 3.63) is 64.2 Å². The number of aliphatic hydroxyl groups is 1. The van der Waals surface area contributed by atoms with Crippen molar-refractivity contribution >= 4 is 5.69 Å². The fourth-order valence-electron chi connectivity index (χ4n) is 1.78. The average molecular weight is 229 g/mol. The van der Waals surface area contributed by atoms with E-state index >= 15 is 0 Å². The first-order chi connectivity index (χ1) is 8.24. The first-order valence-corrected chi connectivity index (χ1v) is 5.16. The molecule has 2 rings (SSSR count). The van der Waals surface area contributed by atoms with Gasteiger partial charge < -0.3 is 5.11 Å². The highest BCUT2D eigenvalue weighted by Gasteiger charge is 2.15. The van der Waals surface area contributed by atoms with Crippen LogP contribution in [-0.2, 0) is 6.61 Å². The summed E-state index contributed by atoms with van der Waals surface area (Å²) in [4.78, 5) is 10.5. The number of hydrogen-bond acceptors (Lipinski definition) is 3. The Labute approximate surface area is 98.3 Å². The van der Waals surface area contributed by atoms with Gasteiger partial charge in [-0.2, -0.15) is 0 Å². The van der Waals surface area contributed by atoms with Crippen molar-refractivity contribution in [2.45, 2.75) is 6.61 Å². The molecule has 0 bridgehead atoms. The van der Waals surface area contributed by atoms with E-state index in [0.717, 1.165) is 0 Å². The molecule has 17 heavy (non-hydrogen) atoms. The molecule has 0 amide bonds. The van der Waals surface area contributed by atoms with Gasteiger partial charge in [-0.25, -0.2) is 0 Å². The van der Waals surface area contributed by atoms with E-state index in [9.17, 15) is 15.2 Å². The van der Waals surface area contributed by atoms with Gasteiger partial charge in [0.05, 0.1) is 17.1 Å². The summed E-state index contributed by atoms with van der Waals surface area (Å²) in [7, 11) is 0. The Morgan fingerprint density at radius 1 is 1.00 bits per heavy atom. The number of hydrogen-bond donors (Lipinski definition) is 1. The molecular weight excluding hydrogens is 218 g/mol. The van der Waals surface area contributed by atoms with Crippen LogP contribution in [0.1, 0.15) is 5.56 Å². The normalized spacial score (nSPS) is 10.2. The second-order valence-electron chi connectivity index (χ2n) is 3.59. The molecule has 0 aliphatic rings. The van der Waals surface area contributed by atoms with Crippen LogP contribution in [0.25, 0.3) is 11.1 Å². The Hall–Kier alpha value is -2.20. The molecule has 0 spiro atoms. The van der Waals surface area contributed by atoms with Gasteiger partial charge in [0.2, 0.25) is 0 Å². The molecule has 86 valence electrons. The second-order valence-corrected chi connectivity index (χ2v) is 3.59. The number of nitrogens with zero attached hydrogens (tertiary/aromatic N) is 1. The zero-order chi connectivity index (χ0) is 12.3. The van der Waals surface area contributed by atoms with E-state index in [4.69, 9.17) is 0 Å². The van der Waals surface area contributed by atoms with E-state index in [0.29, 0.717) is 16.7 Å². The maximum absolute atomic E-state index is 10.9. The standard InChI is InChI=1S/C13H11NO3/c15-9-10-5-1-2-6-11(10)12-7-3-4-8-13(12)14(16)17/h1-8,15H,9H2. The van der Waals surface area contributed by atoms with Crippen LogP contribution in [0.2, 0.25) is 0 Å². The summed E-state index contributed by atoms with van der Waals surface area (Å²) in [5.41, 5.74) is 1.96. The van der Waals surface area contributed by atoms with Crippen molar-refractivity contribution in [2.75, 3.05) is 0 Å². The van der Waals surface area contributed by atoms with Crippen molar-refractivity contribution in [1.29, 1.82) is 0 Å². The van der Waals surface area contributed by atoms with Crippen molar-refractivity contribution in [3.63, 3.8) is 0 Å². The lowest BCUT2D eigenvalue weighted by Gasteiger charge is -2.07. The molecule has 0 heterocycles. The molecule has 0 saturated carbocycles. The molecule has 0 atom stereocenters. The Kier molecular flexibility index (Phi) is 3.16. The van der Waals surface area contributed by atoms with E-state index < -0.39 is 4.92 Å². The van der Waals surface area contributed by atoms with Gasteiger partial charge in [0, 0.05) is 6.07 Å². The summed E-state index contributed by atoms with van der Waals surface area (Å²) in [6.45, 7) is -0.137. The zero-order valence-electron chi connectivity index (χ0n) is 9.04. The monoisotopic (exact) mass is 229 g/mol. The van der Waals surface area contributed by atoms with Crippen molar-refractivity contribution in [2.24, 2.45) is 0 Å². The Morgan fingerprint density at radius 2 is 1.59 bits per heavy atom. The van der Waals surface area contributed by atoms with E-state index in [-0.39, 0.29) is 12.3 Å². The number of nitro groups is 1. The number of rotatable bonds is 3. The van der Waals surface area contributed by atoms with Gasteiger partial charge in [-0.3, -0.25) is 10.1 Å². The molecular formula is C13H11NO3. The molecule has 1 N–H and O–H groups in total. The lowest BCUT2D eigenvalue weighted by atomic mass is 9.99. The predicted molar refractivity (Wildman–Crippen MR) is 64.5 cm³/mol. The van der Waals surface area contributed by atoms with E-state index in [1.54, 1.807) is 42.5 Å². The molecule has 0 aliphatic carbocycles. The average Bonchev–Trinajstić information content (AvgIpc) is 2.38. The predicted octanol–water partition coefficient (Wildman–Crippen LogP) is 2.75. The van der Waals surface area contributed by atoms with Crippen LogP contribution in [0.15, 0.2) is 48.5 Å². The quantitative estimate of drug-likeness (QED) is 0.650. The van der Waals surface area contributed by atoms with Gasteiger partial charge in [0.25, 0.3) is 5.69 Å². The maximum Gasteiger partial charge on any atom is 0.277 e. The highest BCUT2D eigenvalue weighted by Crippen LogP contribution is 2.31. The lowest BCUT2D eigenvalue weighted by molar-refractivity contribution is -0.384. The number of nitro benzene ring substituents is 1. The first-order valence-electron chi connectivity index (χ1n) is 5.16. The van der Waals surface area contributed by atoms with Gasteiger partial charge >= 0.3 is 0 Å². The minimum Gasteiger partial charge on any atom is -0.392 e. The van der Waals surface area contributed by atoms with Crippen LogP contribution in [0.3, 0.4) is 0 Å². The van der Waals surface area contributed by atoms with E-state index in [1.165, 1.54) is 6.07 Å². The van der Waals surface area contributed by atoms with Gasteiger partial charge in [-0.15, -0.1) is 0 Å². The molecule has 4 heteroatoms. The smallest absolute Gasteiger partial charge is 0.277 e. The third kappa shape index (κ3) is 2.16. The number of aliphatic hydroxyl groups excluding tert-OH is 1. The molecule has 0 saturated heterocycles. The van der Waals surface area contributed by atoms with Crippen LogP contribution in [0, 0.1) is 10.1 Å². The molecule has 2 aromatic rings. The summed E-state index contributed by atoms with van der Waals surface area (Å²) < 4.78 is 0. The molecule has 0 aromatic heterocycles. The Bertz CT molecular complexity index is 552. The topological polar surface area (TPSA) is 63.4 Å². The highest BCUT2D eigenvalue weighted by molar-refractivity contribution is 5.75. The SMILES string of the molecule is O=[N+]([O-])c1ccccc1-c1ccccc1CO. The Balaban J connectivity index is 2.64. The van der Waals surface area contributed by atoms with Crippen molar-refractivity contribution in [3.8, 4) is 11.1 Å². The summed E-state index contributed by atoms with van der Waals surface area (Å²) in [6.07, 6.45) is 0. The van der Waals surface area contributed by atoms with E-state index in [1.807, 2.05) is 0 Å². The van der Waals surface area contributed by atoms with Crippen molar-refractivity contribution < 1.29 is 10.0 Å². The molecule has 0 fully saturated rings. The zero-order valence-corrected chi connectivity index (χ0v) is 9.04. The summed E-state index contributed by atoms with van der Waals surface area (Å²) in [5.74, 6) is 0. The fraction of sp³-hybridized carbons (Fsp3) is 0.0769. The molecule has 0 aliphatic heterocycles. The molecule has 0 unspecified atom stereocenters. The molecule has 0 radical (unpaired) electrons. The van der Waals surface area contributed by atoms with Crippen LogP contribution >= 0.6 is 0 Å². The third-order valence-electron chi connectivity index (χ3n) is 2.58. The van der Waals surface area contributed by atoms with Gasteiger partial charge in [0.1, 0.15) is 0 Å². The van der Waals surface area contributed by atoms with Gasteiger partial charge in [0.15, 0.2) is 0 Å². The fourth-order valence-corrected chi connectivity index (χ4v) is 1.78. The minimum atomic E-state index is -0.413. The Morgan fingerprint density at radius 3 is 2.24 bits per heavy atom. The minimum absolute atomic E-state index is 0.0494. The molecule has 4 nitrogen and oxygen atoms in total. The van der Waals surface area contributed by atoms with E-state index in [2.05, 4.69) is 0 Å². The highest BCUT2D eigenvalue weighted by atomic mass is 16.6. The van der Waals surface area contributed by atoms with Gasteiger partial charge in [-0.05, 0) is 17.2 Å². The summed E-state index contributed by atoms with van der Waals surface area (Å²) >= 11 is 0. The summed E-state index contributed by atoms with van der Waals surface area (Å²) in [5, 5.41) is 20.2. The number of benzene rings is 2. The van der Waals surface area contributed by atoms with Gasteiger partial charge in [-0.1, -0.05) is 36.4 Å². The van der Waals surface area contributed by atoms with Crippen LogP contribution in [0.5, 0.6) is 0 Å². The third-order valence-corrected chi connectivity index (χ3v) is 2.58. The van der Waals surface area contributed by atoms with Crippen LogP contribution < -0.4 is 0 Å².